The first-order chi connectivity index (χ1) is 9.24. The van der Waals surface area contributed by atoms with Gasteiger partial charge in [0.2, 0.25) is 0 Å². The summed E-state index contributed by atoms with van der Waals surface area (Å²) in [5, 5.41) is 13.5. The van der Waals surface area contributed by atoms with Crippen molar-refractivity contribution in [3.8, 4) is 0 Å². The molecule has 4 nitrogen and oxygen atoms in total. The average molecular weight is 285 g/mol. The van der Waals surface area contributed by atoms with Crippen LogP contribution in [0.1, 0.15) is 44.9 Å². The van der Waals surface area contributed by atoms with Gasteiger partial charge >= 0.3 is 0 Å². The van der Waals surface area contributed by atoms with E-state index in [1.54, 1.807) is 11.3 Å². The molecule has 0 saturated carbocycles. The van der Waals surface area contributed by atoms with Gasteiger partial charge in [-0.2, -0.15) is 0 Å². The minimum absolute atomic E-state index is 0.218. The molecule has 0 bridgehead atoms. The van der Waals surface area contributed by atoms with Crippen LogP contribution in [0.5, 0.6) is 0 Å². The van der Waals surface area contributed by atoms with Crippen LogP contribution < -0.4 is 5.32 Å². The van der Waals surface area contributed by atoms with E-state index in [1.165, 1.54) is 4.88 Å². The normalized spacial score (nSPS) is 11.5. The van der Waals surface area contributed by atoms with E-state index in [9.17, 15) is 5.11 Å². The largest absolute Gasteiger partial charge is 0.395 e. The summed E-state index contributed by atoms with van der Waals surface area (Å²) in [4.78, 5) is 8.02. The van der Waals surface area contributed by atoms with Gasteiger partial charge in [-0.15, -0.1) is 11.3 Å². The molecule has 0 amide bonds. The smallest absolute Gasteiger partial charge is 0.182 e. The summed E-state index contributed by atoms with van der Waals surface area (Å²) in [6, 6.07) is 0.543. The van der Waals surface area contributed by atoms with Crippen molar-refractivity contribution >= 4 is 16.5 Å². The molecule has 0 aliphatic rings. The van der Waals surface area contributed by atoms with Gasteiger partial charge in [-0.25, -0.2) is 4.98 Å². The monoisotopic (exact) mass is 285 g/mol. The number of aromatic nitrogens is 1. The third-order valence-electron chi connectivity index (χ3n) is 3.28. The van der Waals surface area contributed by atoms with Gasteiger partial charge < -0.3 is 10.4 Å². The first-order valence-electron chi connectivity index (χ1n) is 7.28. The highest BCUT2D eigenvalue weighted by Gasteiger charge is 2.16. The van der Waals surface area contributed by atoms with E-state index in [0.717, 1.165) is 44.0 Å². The quantitative estimate of drug-likeness (QED) is 0.694. The summed E-state index contributed by atoms with van der Waals surface area (Å²) in [7, 11) is 0. The number of anilines is 1. The van der Waals surface area contributed by atoms with Gasteiger partial charge in [0.15, 0.2) is 5.13 Å². The molecule has 1 aromatic heterocycles. The number of hydrogen-bond donors (Lipinski definition) is 2. The van der Waals surface area contributed by atoms with Crippen LogP contribution in [-0.4, -0.2) is 40.7 Å². The fourth-order valence-corrected chi connectivity index (χ4v) is 3.08. The minimum atomic E-state index is 0.218. The van der Waals surface area contributed by atoms with Gasteiger partial charge in [-0.05, 0) is 19.3 Å². The van der Waals surface area contributed by atoms with E-state index in [4.69, 9.17) is 0 Å². The van der Waals surface area contributed by atoms with Gasteiger partial charge in [-0.1, -0.05) is 20.8 Å². The fraction of sp³-hybridized carbons (Fsp3) is 0.786. The lowest BCUT2D eigenvalue weighted by Gasteiger charge is -2.29. The van der Waals surface area contributed by atoms with Gasteiger partial charge in [0, 0.05) is 36.8 Å². The predicted octanol–water partition coefficient (Wildman–Crippen LogP) is 2.95. The Morgan fingerprint density at radius 2 is 2.11 bits per heavy atom. The SMILES string of the molecule is CCCNc1ncc(CN(CCO)C(CC)CC)s1. The van der Waals surface area contributed by atoms with Crippen LogP contribution in [-0.2, 0) is 6.54 Å². The van der Waals surface area contributed by atoms with Crippen molar-refractivity contribution in [1.82, 2.24) is 9.88 Å². The zero-order valence-electron chi connectivity index (χ0n) is 12.4. The van der Waals surface area contributed by atoms with Crippen LogP contribution in [0.3, 0.4) is 0 Å². The van der Waals surface area contributed by atoms with Gasteiger partial charge in [0.25, 0.3) is 0 Å². The molecule has 0 atom stereocenters. The zero-order valence-corrected chi connectivity index (χ0v) is 13.2. The maximum absolute atomic E-state index is 9.21. The standard InChI is InChI=1S/C14H27N3OS/c1-4-7-15-14-16-10-13(19-14)11-17(8-9-18)12(5-2)6-3/h10,12,18H,4-9,11H2,1-3H3,(H,15,16). The van der Waals surface area contributed by atoms with Gasteiger partial charge in [0.05, 0.1) is 6.61 Å². The molecule has 1 rings (SSSR count). The van der Waals surface area contributed by atoms with Crippen molar-refractivity contribution in [2.45, 2.75) is 52.6 Å². The highest BCUT2D eigenvalue weighted by atomic mass is 32.1. The second-order valence-corrected chi connectivity index (χ2v) is 5.84. The first-order valence-corrected chi connectivity index (χ1v) is 8.10. The second-order valence-electron chi connectivity index (χ2n) is 4.72. The Labute approximate surface area is 120 Å². The predicted molar refractivity (Wildman–Crippen MR) is 82.8 cm³/mol. The molecule has 0 aromatic carbocycles. The number of hydrogen-bond acceptors (Lipinski definition) is 5. The Hall–Kier alpha value is -0.650. The van der Waals surface area contributed by atoms with Crippen molar-refractivity contribution in [1.29, 1.82) is 0 Å². The molecule has 0 aliphatic heterocycles. The van der Waals surface area contributed by atoms with Crippen molar-refractivity contribution in [3.63, 3.8) is 0 Å². The molecule has 1 heterocycles. The summed E-state index contributed by atoms with van der Waals surface area (Å²) in [5.41, 5.74) is 0. The van der Waals surface area contributed by atoms with Gasteiger partial charge in [0.1, 0.15) is 0 Å². The van der Waals surface area contributed by atoms with Gasteiger partial charge in [-0.3, -0.25) is 4.90 Å². The lowest BCUT2D eigenvalue weighted by molar-refractivity contribution is 0.137. The number of nitrogens with zero attached hydrogens (tertiary/aromatic N) is 2. The Balaban J connectivity index is 2.59. The zero-order chi connectivity index (χ0) is 14.1. The molecular weight excluding hydrogens is 258 g/mol. The summed E-state index contributed by atoms with van der Waals surface area (Å²) < 4.78 is 0. The maximum atomic E-state index is 9.21. The minimum Gasteiger partial charge on any atom is -0.395 e. The van der Waals surface area contributed by atoms with Crippen LogP contribution in [0, 0.1) is 0 Å². The van der Waals surface area contributed by atoms with Crippen molar-refractivity contribution in [2.24, 2.45) is 0 Å². The summed E-state index contributed by atoms with van der Waals surface area (Å²) >= 11 is 1.72. The Bertz CT molecular complexity index is 339. The summed E-state index contributed by atoms with van der Waals surface area (Å²) in [6.45, 7) is 9.38. The van der Waals surface area contributed by atoms with E-state index in [0.29, 0.717) is 6.04 Å². The number of aliphatic hydroxyl groups excluding tert-OH is 1. The third-order valence-corrected chi connectivity index (χ3v) is 4.22. The molecule has 0 saturated heterocycles. The molecule has 1 aromatic rings. The van der Waals surface area contributed by atoms with Crippen LogP contribution >= 0.6 is 11.3 Å². The summed E-state index contributed by atoms with van der Waals surface area (Å²) in [5.74, 6) is 0. The number of aliphatic hydroxyl groups is 1. The molecule has 19 heavy (non-hydrogen) atoms. The molecule has 2 N–H and O–H groups in total. The van der Waals surface area contributed by atoms with Crippen molar-refractivity contribution < 1.29 is 5.11 Å². The number of rotatable bonds is 10. The third kappa shape index (κ3) is 5.47. The lowest BCUT2D eigenvalue weighted by Crippen LogP contribution is -2.35. The molecule has 0 spiro atoms. The van der Waals surface area contributed by atoms with Crippen molar-refractivity contribution in [3.05, 3.63) is 11.1 Å². The van der Waals surface area contributed by atoms with E-state index in [2.05, 4.69) is 36.0 Å². The fourth-order valence-electron chi connectivity index (χ4n) is 2.22. The Morgan fingerprint density at radius 3 is 2.68 bits per heavy atom. The van der Waals surface area contributed by atoms with Crippen LogP contribution in [0.2, 0.25) is 0 Å². The molecule has 0 unspecified atom stereocenters. The van der Waals surface area contributed by atoms with E-state index in [-0.39, 0.29) is 6.61 Å². The average Bonchev–Trinajstić information content (AvgIpc) is 2.85. The van der Waals surface area contributed by atoms with Crippen molar-refractivity contribution in [2.75, 3.05) is 25.0 Å². The lowest BCUT2D eigenvalue weighted by atomic mass is 10.1. The topological polar surface area (TPSA) is 48.4 Å². The summed E-state index contributed by atoms with van der Waals surface area (Å²) in [6.07, 6.45) is 5.31. The molecular formula is C14H27N3OS. The highest BCUT2D eigenvalue weighted by molar-refractivity contribution is 7.15. The van der Waals surface area contributed by atoms with Crippen LogP contribution in [0.4, 0.5) is 5.13 Å². The molecule has 110 valence electrons. The first kappa shape index (κ1) is 16.4. The Morgan fingerprint density at radius 1 is 1.37 bits per heavy atom. The Kier molecular flexibility index (Phi) is 8.02. The van der Waals surface area contributed by atoms with E-state index >= 15 is 0 Å². The van der Waals surface area contributed by atoms with E-state index < -0.39 is 0 Å². The molecule has 0 radical (unpaired) electrons. The highest BCUT2D eigenvalue weighted by Crippen LogP contribution is 2.21. The maximum Gasteiger partial charge on any atom is 0.182 e. The van der Waals surface area contributed by atoms with Crippen LogP contribution in [0.15, 0.2) is 6.20 Å². The molecule has 5 heteroatoms. The number of thiazole rings is 1. The second kappa shape index (κ2) is 9.28. The van der Waals surface area contributed by atoms with E-state index in [1.807, 2.05) is 6.20 Å². The van der Waals surface area contributed by atoms with Crippen LogP contribution in [0.25, 0.3) is 0 Å². The number of nitrogens with one attached hydrogen (secondary N) is 1. The molecule has 0 fully saturated rings. The molecule has 0 aliphatic carbocycles.